The number of aryl methyl sites for hydroxylation is 2. The molecule has 1 N–H and O–H groups in total. The predicted octanol–water partition coefficient (Wildman–Crippen LogP) is 6.04. The Bertz CT molecular complexity index is 1470. The number of anilines is 1. The lowest BCUT2D eigenvalue weighted by Crippen LogP contribution is -2.52. The van der Waals surface area contributed by atoms with Crippen molar-refractivity contribution in [3.05, 3.63) is 94.0 Å². The Hall–Kier alpha value is -3.36. The van der Waals surface area contributed by atoms with Crippen LogP contribution >= 0.6 is 11.6 Å². The number of halogens is 1. The molecule has 3 aromatic rings. The molecular formula is C32H40ClN3O4S. The highest BCUT2D eigenvalue weighted by atomic mass is 35.5. The van der Waals surface area contributed by atoms with Gasteiger partial charge in [-0.25, -0.2) is 8.42 Å². The van der Waals surface area contributed by atoms with E-state index in [2.05, 4.69) is 5.32 Å². The summed E-state index contributed by atoms with van der Waals surface area (Å²) in [4.78, 5) is 29.1. The van der Waals surface area contributed by atoms with Gasteiger partial charge in [0.1, 0.15) is 12.6 Å². The molecule has 0 spiro atoms. The summed E-state index contributed by atoms with van der Waals surface area (Å²) in [5.74, 6) is -0.527. The second kappa shape index (κ2) is 14.0. The summed E-state index contributed by atoms with van der Waals surface area (Å²) in [7, 11) is -4.17. The Morgan fingerprint density at radius 1 is 0.927 bits per heavy atom. The van der Waals surface area contributed by atoms with Gasteiger partial charge in [-0.15, -0.1) is 0 Å². The molecule has 2 amide bonds. The third kappa shape index (κ3) is 8.11. The van der Waals surface area contributed by atoms with Crippen LogP contribution in [0.25, 0.3) is 0 Å². The second-order valence-electron chi connectivity index (χ2n) is 10.8. The average Bonchev–Trinajstić information content (AvgIpc) is 2.92. The standard InChI is InChI=1S/C32H40ClN3O4S/c1-7-29(32(38)34-19-22(2)3)35(20-26-11-8-10-24(5)18-26)31(37)21-36(30-13-9-12-28(33)25(30)6)41(39,40)27-16-14-23(4)15-17-27/h8-18,22,29H,7,19-21H2,1-6H3,(H,34,38). The van der Waals surface area contributed by atoms with E-state index in [4.69, 9.17) is 11.6 Å². The zero-order valence-corrected chi connectivity index (χ0v) is 26.2. The molecule has 0 aliphatic carbocycles. The number of nitrogens with zero attached hydrogens (tertiary/aromatic N) is 2. The molecule has 0 aliphatic rings. The molecule has 0 aromatic heterocycles. The lowest BCUT2D eigenvalue weighted by atomic mass is 10.1. The average molecular weight is 598 g/mol. The van der Waals surface area contributed by atoms with Crippen LogP contribution in [-0.4, -0.2) is 44.3 Å². The van der Waals surface area contributed by atoms with E-state index in [1.807, 2.05) is 58.9 Å². The van der Waals surface area contributed by atoms with Gasteiger partial charge in [0, 0.05) is 18.1 Å². The largest absolute Gasteiger partial charge is 0.354 e. The first kappa shape index (κ1) is 32.2. The molecule has 0 fully saturated rings. The molecule has 220 valence electrons. The van der Waals surface area contributed by atoms with Gasteiger partial charge in [0.2, 0.25) is 11.8 Å². The van der Waals surface area contributed by atoms with Gasteiger partial charge in [-0.1, -0.05) is 86.0 Å². The van der Waals surface area contributed by atoms with E-state index in [1.165, 1.54) is 17.0 Å². The van der Waals surface area contributed by atoms with Crippen LogP contribution in [-0.2, 0) is 26.2 Å². The molecule has 0 saturated carbocycles. The number of amides is 2. The SMILES string of the molecule is CCC(C(=O)NCC(C)C)N(Cc1cccc(C)c1)C(=O)CN(c1cccc(Cl)c1C)S(=O)(=O)c1ccc(C)cc1. The summed E-state index contributed by atoms with van der Waals surface area (Å²) in [6.45, 7) is 11.5. The van der Waals surface area contributed by atoms with Crippen LogP contribution in [0.1, 0.15) is 49.4 Å². The van der Waals surface area contributed by atoms with Gasteiger partial charge in [0.25, 0.3) is 10.0 Å². The smallest absolute Gasteiger partial charge is 0.264 e. The molecule has 0 heterocycles. The number of carbonyl (C=O) groups excluding carboxylic acids is 2. The maximum Gasteiger partial charge on any atom is 0.264 e. The molecule has 0 radical (unpaired) electrons. The summed E-state index contributed by atoms with van der Waals surface area (Å²) < 4.78 is 29.2. The number of hydrogen-bond acceptors (Lipinski definition) is 4. The van der Waals surface area contributed by atoms with Gasteiger partial charge in [-0.2, -0.15) is 0 Å². The van der Waals surface area contributed by atoms with E-state index >= 15 is 0 Å². The maximum atomic E-state index is 14.2. The van der Waals surface area contributed by atoms with Crippen molar-refractivity contribution in [2.75, 3.05) is 17.4 Å². The monoisotopic (exact) mass is 597 g/mol. The van der Waals surface area contributed by atoms with Crippen LogP contribution in [0.4, 0.5) is 5.69 Å². The molecule has 0 bridgehead atoms. The Balaban J connectivity index is 2.09. The molecule has 0 saturated heterocycles. The number of carbonyl (C=O) groups is 2. The van der Waals surface area contributed by atoms with Crippen LogP contribution in [0.3, 0.4) is 0 Å². The van der Waals surface area contributed by atoms with E-state index < -0.39 is 28.5 Å². The molecule has 7 nitrogen and oxygen atoms in total. The van der Waals surface area contributed by atoms with E-state index in [9.17, 15) is 18.0 Å². The van der Waals surface area contributed by atoms with E-state index in [0.29, 0.717) is 29.2 Å². The zero-order chi connectivity index (χ0) is 30.3. The Morgan fingerprint density at radius 3 is 2.20 bits per heavy atom. The fourth-order valence-electron chi connectivity index (χ4n) is 4.57. The molecule has 9 heteroatoms. The summed E-state index contributed by atoms with van der Waals surface area (Å²) in [6.07, 6.45) is 0.363. The Morgan fingerprint density at radius 2 is 1.59 bits per heavy atom. The molecule has 3 rings (SSSR count). The summed E-state index contributed by atoms with van der Waals surface area (Å²) >= 11 is 6.40. The Kier molecular flexibility index (Phi) is 11.0. The van der Waals surface area contributed by atoms with Crippen LogP contribution in [0.2, 0.25) is 5.02 Å². The van der Waals surface area contributed by atoms with Crippen LogP contribution in [0.15, 0.2) is 71.6 Å². The molecule has 1 unspecified atom stereocenters. The maximum absolute atomic E-state index is 14.2. The van der Waals surface area contributed by atoms with E-state index in [1.54, 1.807) is 37.3 Å². The minimum absolute atomic E-state index is 0.0576. The first-order valence-corrected chi connectivity index (χ1v) is 15.6. The van der Waals surface area contributed by atoms with Crippen LogP contribution in [0, 0.1) is 26.7 Å². The third-order valence-corrected chi connectivity index (χ3v) is 9.08. The highest BCUT2D eigenvalue weighted by molar-refractivity contribution is 7.92. The number of hydrogen-bond donors (Lipinski definition) is 1. The van der Waals surface area contributed by atoms with Gasteiger partial charge < -0.3 is 10.2 Å². The minimum Gasteiger partial charge on any atom is -0.354 e. The first-order valence-electron chi connectivity index (χ1n) is 13.8. The van der Waals surface area contributed by atoms with E-state index in [0.717, 1.165) is 21.0 Å². The van der Waals surface area contributed by atoms with Gasteiger partial charge in [0.05, 0.1) is 10.6 Å². The highest BCUT2D eigenvalue weighted by Gasteiger charge is 2.34. The lowest BCUT2D eigenvalue weighted by Gasteiger charge is -2.34. The van der Waals surface area contributed by atoms with Crippen molar-refractivity contribution in [1.82, 2.24) is 10.2 Å². The first-order chi connectivity index (χ1) is 19.3. The number of sulfonamides is 1. The van der Waals surface area contributed by atoms with Gasteiger partial charge >= 0.3 is 0 Å². The fraction of sp³-hybridized carbons (Fsp3) is 0.375. The van der Waals surface area contributed by atoms with Gasteiger partial charge in [0.15, 0.2) is 0 Å². The summed E-state index contributed by atoms with van der Waals surface area (Å²) in [5.41, 5.74) is 3.61. The van der Waals surface area contributed by atoms with Crippen LogP contribution < -0.4 is 9.62 Å². The normalized spacial score (nSPS) is 12.2. The van der Waals surface area contributed by atoms with E-state index in [-0.39, 0.29) is 23.3 Å². The lowest BCUT2D eigenvalue weighted by molar-refractivity contribution is -0.140. The van der Waals surface area contributed by atoms with Crippen molar-refractivity contribution in [3.63, 3.8) is 0 Å². The molecular weight excluding hydrogens is 558 g/mol. The quantitative estimate of drug-likeness (QED) is 0.276. The number of benzene rings is 3. The highest BCUT2D eigenvalue weighted by Crippen LogP contribution is 2.31. The topological polar surface area (TPSA) is 86.8 Å². The minimum atomic E-state index is -4.17. The zero-order valence-electron chi connectivity index (χ0n) is 24.6. The summed E-state index contributed by atoms with van der Waals surface area (Å²) in [5, 5.41) is 3.33. The van der Waals surface area contributed by atoms with Crippen molar-refractivity contribution < 1.29 is 18.0 Å². The Labute approximate surface area is 249 Å². The summed E-state index contributed by atoms with van der Waals surface area (Å²) in [6, 6.07) is 18.4. The van der Waals surface area contributed by atoms with Crippen molar-refractivity contribution in [1.29, 1.82) is 0 Å². The van der Waals surface area contributed by atoms with Crippen molar-refractivity contribution in [2.45, 2.75) is 65.4 Å². The molecule has 3 aromatic carbocycles. The fourth-order valence-corrected chi connectivity index (χ4v) is 6.21. The predicted molar refractivity (Wildman–Crippen MR) is 166 cm³/mol. The third-order valence-electron chi connectivity index (χ3n) is 6.90. The molecule has 0 aliphatic heterocycles. The van der Waals surface area contributed by atoms with Gasteiger partial charge in [-0.3, -0.25) is 13.9 Å². The van der Waals surface area contributed by atoms with Crippen molar-refractivity contribution >= 4 is 39.1 Å². The second-order valence-corrected chi connectivity index (χ2v) is 13.1. The van der Waals surface area contributed by atoms with Crippen molar-refractivity contribution in [2.24, 2.45) is 5.92 Å². The van der Waals surface area contributed by atoms with Gasteiger partial charge in [-0.05, 0) is 68.5 Å². The molecule has 41 heavy (non-hydrogen) atoms. The number of rotatable bonds is 12. The molecule has 1 atom stereocenters. The van der Waals surface area contributed by atoms with Crippen LogP contribution in [0.5, 0.6) is 0 Å². The number of nitrogens with one attached hydrogen (secondary N) is 1. The van der Waals surface area contributed by atoms with Crippen molar-refractivity contribution in [3.8, 4) is 0 Å².